The number of nitrogens with one attached hydrogen (secondary N) is 1. The van der Waals surface area contributed by atoms with Gasteiger partial charge >= 0.3 is 0 Å². The summed E-state index contributed by atoms with van der Waals surface area (Å²) in [6.07, 6.45) is 0. The molecule has 0 radical (unpaired) electrons. The zero-order valence-corrected chi connectivity index (χ0v) is 9.80. The first-order valence-electron chi connectivity index (χ1n) is 5.32. The molecule has 3 heteroatoms. The van der Waals surface area contributed by atoms with Crippen LogP contribution in [0, 0.1) is 20.8 Å². The van der Waals surface area contributed by atoms with Crippen molar-refractivity contribution in [2.24, 2.45) is 11.5 Å². The van der Waals surface area contributed by atoms with Crippen LogP contribution in [0.25, 0.3) is 0 Å². The molecule has 1 unspecified atom stereocenters. The molecule has 0 saturated carbocycles. The van der Waals surface area contributed by atoms with Gasteiger partial charge < -0.3 is 16.8 Å². The first kappa shape index (κ1) is 12.0. The summed E-state index contributed by atoms with van der Waals surface area (Å²) in [4.78, 5) is 0. The van der Waals surface area contributed by atoms with Gasteiger partial charge in [-0.05, 0) is 31.9 Å². The van der Waals surface area contributed by atoms with Crippen LogP contribution in [0.2, 0.25) is 0 Å². The van der Waals surface area contributed by atoms with Crippen molar-refractivity contribution in [2.45, 2.75) is 26.8 Å². The topological polar surface area (TPSA) is 64.1 Å². The summed E-state index contributed by atoms with van der Waals surface area (Å²) in [5, 5.41) is 3.35. The fourth-order valence-corrected chi connectivity index (χ4v) is 1.78. The Morgan fingerprint density at radius 2 is 1.73 bits per heavy atom. The molecule has 0 bridgehead atoms. The van der Waals surface area contributed by atoms with Gasteiger partial charge in [0.1, 0.15) is 0 Å². The Labute approximate surface area is 91.9 Å². The van der Waals surface area contributed by atoms with Gasteiger partial charge in [-0.15, -0.1) is 0 Å². The fraction of sp³-hybridized carbons (Fsp3) is 0.500. The third kappa shape index (κ3) is 3.22. The summed E-state index contributed by atoms with van der Waals surface area (Å²) in [6, 6.07) is 4.36. The molecule has 0 saturated heterocycles. The Morgan fingerprint density at radius 1 is 1.20 bits per heavy atom. The molecule has 0 aliphatic rings. The van der Waals surface area contributed by atoms with Crippen molar-refractivity contribution in [3.8, 4) is 0 Å². The number of aryl methyl sites for hydroxylation is 3. The van der Waals surface area contributed by atoms with Crippen LogP contribution in [0.3, 0.4) is 0 Å². The molecule has 84 valence electrons. The van der Waals surface area contributed by atoms with E-state index in [1.54, 1.807) is 0 Å². The molecule has 0 aliphatic heterocycles. The second kappa shape index (κ2) is 5.14. The average Bonchev–Trinajstić information content (AvgIpc) is 2.15. The summed E-state index contributed by atoms with van der Waals surface area (Å²) in [6.45, 7) is 7.56. The van der Waals surface area contributed by atoms with Crippen LogP contribution in [0.4, 0.5) is 5.69 Å². The van der Waals surface area contributed by atoms with E-state index in [2.05, 4.69) is 38.2 Å². The SMILES string of the molecule is Cc1cc(C)c(NCC(N)CN)c(C)c1. The van der Waals surface area contributed by atoms with E-state index in [9.17, 15) is 0 Å². The maximum Gasteiger partial charge on any atom is 0.0400 e. The van der Waals surface area contributed by atoms with Crippen LogP contribution in [-0.2, 0) is 0 Å². The number of nitrogens with two attached hydrogens (primary N) is 2. The van der Waals surface area contributed by atoms with E-state index >= 15 is 0 Å². The molecule has 0 spiro atoms. The van der Waals surface area contributed by atoms with Gasteiger partial charge in [-0.3, -0.25) is 0 Å². The molecule has 1 rings (SSSR count). The molecule has 0 heterocycles. The summed E-state index contributed by atoms with van der Waals surface area (Å²) in [5.74, 6) is 0. The lowest BCUT2D eigenvalue weighted by molar-refractivity contribution is 0.712. The van der Waals surface area contributed by atoms with E-state index < -0.39 is 0 Å². The highest BCUT2D eigenvalue weighted by atomic mass is 14.9. The monoisotopic (exact) mass is 207 g/mol. The van der Waals surface area contributed by atoms with Crippen LogP contribution < -0.4 is 16.8 Å². The van der Waals surface area contributed by atoms with Crippen molar-refractivity contribution in [1.82, 2.24) is 0 Å². The van der Waals surface area contributed by atoms with Crippen LogP contribution in [0.1, 0.15) is 16.7 Å². The molecule has 0 fully saturated rings. The first-order chi connectivity index (χ1) is 7.04. The highest BCUT2D eigenvalue weighted by Gasteiger charge is 2.05. The number of rotatable bonds is 4. The highest BCUT2D eigenvalue weighted by molar-refractivity contribution is 5.58. The van der Waals surface area contributed by atoms with Gasteiger partial charge in [0.2, 0.25) is 0 Å². The van der Waals surface area contributed by atoms with Crippen LogP contribution in [0.15, 0.2) is 12.1 Å². The van der Waals surface area contributed by atoms with E-state index in [0.29, 0.717) is 6.54 Å². The van der Waals surface area contributed by atoms with Gasteiger partial charge in [0, 0.05) is 24.8 Å². The quantitative estimate of drug-likeness (QED) is 0.697. The zero-order chi connectivity index (χ0) is 11.4. The minimum Gasteiger partial charge on any atom is -0.383 e. The standard InChI is InChI=1S/C12H21N3/c1-8-4-9(2)12(10(3)5-8)15-7-11(14)6-13/h4-5,11,15H,6-7,13-14H2,1-3H3. The van der Waals surface area contributed by atoms with E-state index in [1.807, 2.05) is 0 Å². The predicted octanol–water partition coefficient (Wildman–Crippen LogP) is 1.31. The van der Waals surface area contributed by atoms with Gasteiger partial charge in [0.25, 0.3) is 0 Å². The molecule has 1 aromatic carbocycles. The Bertz CT molecular complexity index is 311. The zero-order valence-electron chi connectivity index (χ0n) is 9.80. The van der Waals surface area contributed by atoms with Gasteiger partial charge in [-0.2, -0.15) is 0 Å². The minimum absolute atomic E-state index is 0.0186. The molecule has 3 nitrogen and oxygen atoms in total. The maximum absolute atomic E-state index is 5.76. The summed E-state index contributed by atoms with van der Waals surface area (Å²) < 4.78 is 0. The normalized spacial score (nSPS) is 12.6. The highest BCUT2D eigenvalue weighted by Crippen LogP contribution is 2.21. The fourth-order valence-electron chi connectivity index (χ4n) is 1.78. The molecule has 0 aliphatic carbocycles. The van der Waals surface area contributed by atoms with E-state index in [0.717, 1.165) is 6.54 Å². The Kier molecular flexibility index (Phi) is 4.12. The van der Waals surface area contributed by atoms with Crippen LogP contribution >= 0.6 is 0 Å². The predicted molar refractivity (Wildman–Crippen MR) is 66.2 cm³/mol. The third-order valence-corrected chi connectivity index (χ3v) is 2.52. The van der Waals surface area contributed by atoms with Crippen LogP contribution in [-0.4, -0.2) is 19.1 Å². The summed E-state index contributed by atoms with van der Waals surface area (Å²) in [7, 11) is 0. The van der Waals surface area contributed by atoms with Crippen molar-refractivity contribution < 1.29 is 0 Å². The summed E-state index contributed by atoms with van der Waals surface area (Å²) >= 11 is 0. The van der Waals surface area contributed by atoms with E-state index in [-0.39, 0.29) is 6.04 Å². The smallest absolute Gasteiger partial charge is 0.0400 e. The van der Waals surface area contributed by atoms with Crippen molar-refractivity contribution in [3.05, 3.63) is 28.8 Å². The Balaban J connectivity index is 2.77. The molecule has 0 aromatic heterocycles. The van der Waals surface area contributed by atoms with Crippen molar-refractivity contribution >= 4 is 5.69 Å². The van der Waals surface area contributed by atoms with E-state index in [4.69, 9.17) is 11.5 Å². The molecule has 15 heavy (non-hydrogen) atoms. The lowest BCUT2D eigenvalue weighted by Crippen LogP contribution is -2.36. The molecule has 1 aromatic rings. The number of anilines is 1. The lowest BCUT2D eigenvalue weighted by Gasteiger charge is -2.16. The largest absolute Gasteiger partial charge is 0.383 e. The molecule has 1 atom stereocenters. The van der Waals surface area contributed by atoms with Crippen LogP contribution in [0.5, 0.6) is 0 Å². The minimum atomic E-state index is 0.0186. The number of benzene rings is 1. The molecule has 0 amide bonds. The number of hydrogen-bond donors (Lipinski definition) is 3. The van der Waals surface area contributed by atoms with E-state index in [1.165, 1.54) is 22.4 Å². The molecular formula is C12H21N3. The van der Waals surface area contributed by atoms with Gasteiger partial charge in [0.05, 0.1) is 0 Å². The van der Waals surface area contributed by atoms with Crippen molar-refractivity contribution in [2.75, 3.05) is 18.4 Å². The Morgan fingerprint density at radius 3 is 2.20 bits per heavy atom. The molecule has 5 N–H and O–H groups in total. The first-order valence-corrected chi connectivity index (χ1v) is 5.32. The van der Waals surface area contributed by atoms with Gasteiger partial charge in [0.15, 0.2) is 0 Å². The maximum atomic E-state index is 5.76. The third-order valence-electron chi connectivity index (χ3n) is 2.52. The Hall–Kier alpha value is -1.06. The van der Waals surface area contributed by atoms with Crippen molar-refractivity contribution in [3.63, 3.8) is 0 Å². The summed E-state index contributed by atoms with van der Waals surface area (Å²) in [5.41, 5.74) is 16.2. The number of hydrogen-bond acceptors (Lipinski definition) is 3. The lowest BCUT2D eigenvalue weighted by atomic mass is 10.0. The molecular weight excluding hydrogens is 186 g/mol. The van der Waals surface area contributed by atoms with Gasteiger partial charge in [-0.25, -0.2) is 0 Å². The second-order valence-corrected chi connectivity index (χ2v) is 4.15. The average molecular weight is 207 g/mol. The van der Waals surface area contributed by atoms with Crippen molar-refractivity contribution in [1.29, 1.82) is 0 Å². The van der Waals surface area contributed by atoms with Gasteiger partial charge in [-0.1, -0.05) is 17.7 Å². The second-order valence-electron chi connectivity index (χ2n) is 4.15.